The molecule has 1 amide bonds. The molecule has 1 aliphatic carbocycles. The third-order valence-electron chi connectivity index (χ3n) is 3.36. The van der Waals surface area contributed by atoms with Crippen molar-refractivity contribution < 1.29 is 14.3 Å². The van der Waals surface area contributed by atoms with Crippen LogP contribution in [-0.4, -0.2) is 18.5 Å². The third kappa shape index (κ3) is 5.01. The summed E-state index contributed by atoms with van der Waals surface area (Å²) in [6.45, 7) is 1.72. The fraction of sp³-hybridized carbons (Fsp3) is 0.375. The van der Waals surface area contributed by atoms with Crippen molar-refractivity contribution in [3.05, 3.63) is 40.4 Å². The molecule has 0 aliphatic heterocycles. The van der Waals surface area contributed by atoms with Crippen LogP contribution < -0.4 is 5.32 Å². The first kappa shape index (κ1) is 15.8. The summed E-state index contributed by atoms with van der Waals surface area (Å²) in [6.07, 6.45) is 6.45. The number of hydrogen-bond acceptors (Lipinski definition) is 3. The maximum Gasteiger partial charge on any atom is 0.306 e. The molecule has 0 spiro atoms. The largest absolute Gasteiger partial charge is 0.456 e. The topological polar surface area (TPSA) is 55.4 Å². The monoisotopic (exact) mass is 351 g/mol. The first-order chi connectivity index (χ1) is 10.0. The van der Waals surface area contributed by atoms with Crippen LogP contribution in [0, 0.1) is 12.8 Å². The van der Waals surface area contributed by atoms with Gasteiger partial charge >= 0.3 is 5.97 Å². The van der Waals surface area contributed by atoms with E-state index < -0.39 is 0 Å². The Hall–Kier alpha value is -1.62. The van der Waals surface area contributed by atoms with Crippen molar-refractivity contribution in [2.45, 2.75) is 26.2 Å². The van der Waals surface area contributed by atoms with Gasteiger partial charge in [-0.05, 0) is 43.4 Å². The van der Waals surface area contributed by atoms with Crippen LogP contribution >= 0.6 is 15.9 Å². The summed E-state index contributed by atoms with van der Waals surface area (Å²) >= 11 is 3.40. The predicted octanol–water partition coefficient (Wildman–Crippen LogP) is 3.60. The Morgan fingerprint density at radius 2 is 2.24 bits per heavy atom. The van der Waals surface area contributed by atoms with Crippen molar-refractivity contribution in [3.63, 3.8) is 0 Å². The van der Waals surface area contributed by atoms with Gasteiger partial charge < -0.3 is 10.1 Å². The zero-order chi connectivity index (χ0) is 15.2. The fourth-order valence-corrected chi connectivity index (χ4v) is 2.53. The van der Waals surface area contributed by atoms with Gasteiger partial charge in [-0.1, -0.05) is 34.1 Å². The Morgan fingerprint density at radius 3 is 2.90 bits per heavy atom. The predicted molar refractivity (Wildman–Crippen MR) is 84.9 cm³/mol. The van der Waals surface area contributed by atoms with E-state index in [9.17, 15) is 9.59 Å². The summed E-state index contributed by atoms with van der Waals surface area (Å²) in [7, 11) is 0. The van der Waals surface area contributed by atoms with Crippen molar-refractivity contribution in [2.24, 2.45) is 5.92 Å². The maximum atomic E-state index is 11.7. The second-order valence-electron chi connectivity index (χ2n) is 5.14. The number of anilines is 1. The number of benzene rings is 1. The fourth-order valence-electron chi connectivity index (χ4n) is 2.15. The van der Waals surface area contributed by atoms with Crippen molar-refractivity contribution in [2.75, 3.05) is 11.9 Å². The van der Waals surface area contributed by atoms with Crippen molar-refractivity contribution in [1.29, 1.82) is 0 Å². The molecule has 0 unspecified atom stereocenters. The Bertz CT molecular complexity index is 569. The van der Waals surface area contributed by atoms with Crippen LogP contribution in [0.4, 0.5) is 5.69 Å². The minimum Gasteiger partial charge on any atom is -0.456 e. The molecule has 1 aromatic rings. The number of carbonyl (C=O) groups is 2. The number of carbonyl (C=O) groups excluding carboxylic acids is 2. The molecule has 0 radical (unpaired) electrons. The van der Waals surface area contributed by atoms with Crippen LogP contribution in [0.2, 0.25) is 0 Å². The molecule has 1 N–H and O–H groups in total. The van der Waals surface area contributed by atoms with Gasteiger partial charge in [0.15, 0.2) is 6.61 Å². The summed E-state index contributed by atoms with van der Waals surface area (Å²) in [5.74, 6) is -0.401. The zero-order valence-corrected chi connectivity index (χ0v) is 13.5. The summed E-state index contributed by atoms with van der Waals surface area (Å²) in [4.78, 5) is 23.3. The second kappa shape index (κ2) is 7.41. The van der Waals surface area contributed by atoms with Gasteiger partial charge in [-0.15, -0.1) is 0 Å². The van der Waals surface area contributed by atoms with Gasteiger partial charge in [0.1, 0.15) is 0 Å². The zero-order valence-electron chi connectivity index (χ0n) is 11.9. The summed E-state index contributed by atoms with van der Waals surface area (Å²) in [5.41, 5.74) is 1.76. The number of nitrogens with one attached hydrogen (secondary N) is 1. The van der Waals surface area contributed by atoms with Crippen molar-refractivity contribution in [1.82, 2.24) is 0 Å². The number of allylic oxidation sites excluding steroid dienone is 2. The lowest BCUT2D eigenvalue weighted by atomic mass is 10.1. The molecule has 5 heteroatoms. The SMILES string of the molecule is Cc1ccc(NC(=O)COC(=O)C[C@@H]2C=CCC2)cc1Br. The smallest absolute Gasteiger partial charge is 0.306 e. The third-order valence-corrected chi connectivity index (χ3v) is 4.22. The van der Waals surface area contributed by atoms with Crippen LogP contribution in [0.5, 0.6) is 0 Å². The molecule has 0 bridgehead atoms. The normalized spacial score (nSPS) is 16.8. The molecule has 4 nitrogen and oxygen atoms in total. The highest BCUT2D eigenvalue weighted by molar-refractivity contribution is 9.10. The molecule has 0 fully saturated rings. The van der Waals surface area contributed by atoms with Gasteiger partial charge in [-0.3, -0.25) is 9.59 Å². The first-order valence-corrected chi connectivity index (χ1v) is 7.72. The van der Waals surface area contributed by atoms with Gasteiger partial charge in [0.05, 0.1) is 6.42 Å². The van der Waals surface area contributed by atoms with E-state index in [0.717, 1.165) is 22.9 Å². The van der Waals surface area contributed by atoms with Crippen LogP contribution in [0.3, 0.4) is 0 Å². The molecule has 1 atom stereocenters. The molecular weight excluding hydrogens is 334 g/mol. The lowest BCUT2D eigenvalue weighted by molar-refractivity contribution is -0.147. The Balaban J connectivity index is 1.75. The van der Waals surface area contributed by atoms with Gasteiger partial charge in [-0.25, -0.2) is 0 Å². The molecule has 112 valence electrons. The number of esters is 1. The van der Waals surface area contributed by atoms with Gasteiger partial charge in [0.25, 0.3) is 5.91 Å². The van der Waals surface area contributed by atoms with E-state index in [4.69, 9.17) is 4.74 Å². The number of ether oxygens (including phenoxy) is 1. The highest BCUT2D eigenvalue weighted by Crippen LogP contribution is 2.21. The number of aryl methyl sites for hydroxylation is 1. The minimum atomic E-state index is -0.332. The van der Waals surface area contributed by atoms with E-state index >= 15 is 0 Å². The standard InChI is InChI=1S/C16H18BrNO3/c1-11-6-7-13(9-14(11)17)18-15(19)10-21-16(20)8-12-4-2-3-5-12/h2,4,6-7,9,12H,3,5,8,10H2,1H3,(H,18,19)/t12-/m1/s1. The molecule has 0 heterocycles. The first-order valence-electron chi connectivity index (χ1n) is 6.93. The van der Waals surface area contributed by atoms with Gasteiger partial charge in [0.2, 0.25) is 0 Å². The quantitative estimate of drug-likeness (QED) is 0.651. The Morgan fingerprint density at radius 1 is 1.43 bits per heavy atom. The molecule has 0 saturated carbocycles. The van der Waals surface area contributed by atoms with Gasteiger partial charge in [0, 0.05) is 10.2 Å². The summed E-state index contributed by atoms with van der Waals surface area (Å²) in [5, 5.41) is 2.70. The average molecular weight is 352 g/mol. The van der Waals surface area contributed by atoms with E-state index in [0.29, 0.717) is 12.1 Å². The molecule has 1 aliphatic rings. The van der Waals surface area contributed by atoms with Crippen LogP contribution in [0.15, 0.2) is 34.8 Å². The average Bonchev–Trinajstić information content (AvgIpc) is 2.93. The van der Waals surface area contributed by atoms with E-state index in [1.54, 1.807) is 0 Å². The second-order valence-corrected chi connectivity index (χ2v) is 6.00. The van der Waals surface area contributed by atoms with Crippen molar-refractivity contribution in [3.8, 4) is 0 Å². The highest BCUT2D eigenvalue weighted by atomic mass is 79.9. The number of rotatable bonds is 5. The molecule has 2 rings (SSSR count). The van der Waals surface area contributed by atoms with E-state index in [-0.39, 0.29) is 24.4 Å². The van der Waals surface area contributed by atoms with E-state index in [1.165, 1.54) is 0 Å². The summed E-state index contributed by atoms with van der Waals surface area (Å²) in [6, 6.07) is 5.53. The van der Waals surface area contributed by atoms with Crippen molar-refractivity contribution >= 4 is 33.5 Å². The van der Waals surface area contributed by atoms with Crippen LogP contribution in [-0.2, 0) is 14.3 Å². The van der Waals surface area contributed by atoms with Crippen LogP contribution in [0.1, 0.15) is 24.8 Å². The molecule has 0 saturated heterocycles. The molecule has 21 heavy (non-hydrogen) atoms. The maximum absolute atomic E-state index is 11.7. The summed E-state index contributed by atoms with van der Waals surface area (Å²) < 4.78 is 5.92. The van der Waals surface area contributed by atoms with Crippen LogP contribution in [0.25, 0.3) is 0 Å². The lowest BCUT2D eigenvalue weighted by Gasteiger charge is -2.09. The number of amides is 1. The van der Waals surface area contributed by atoms with E-state index in [1.807, 2.05) is 31.2 Å². The Labute approximate surface area is 132 Å². The minimum absolute atomic E-state index is 0.249. The number of hydrogen-bond donors (Lipinski definition) is 1. The molecular formula is C16H18BrNO3. The molecule has 1 aromatic carbocycles. The highest BCUT2D eigenvalue weighted by Gasteiger charge is 2.16. The lowest BCUT2D eigenvalue weighted by Crippen LogP contribution is -2.21. The van der Waals surface area contributed by atoms with Gasteiger partial charge in [-0.2, -0.15) is 0 Å². The molecule has 0 aromatic heterocycles. The van der Waals surface area contributed by atoms with E-state index in [2.05, 4.69) is 27.3 Å². The number of halogens is 1. The Kier molecular flexibility index (Phi) is 5.56.